The van der Waals surface area contributed by atoms with Gasteiger partial charge in [-0.2, -0.15) is 0 Å². The number of urea groups is 1. The van der Waals surface area contributed by atoms with Crippen LogP contribution in [0.3, 0.4) is 0 Å². The van der Waals surface area contributed by atoms with Crippen LogP contribution >= 0.6 is 11.3 Å². The molecule has 0 bridgehead atoms. The Hall–Kier alpha value is -1.92. The Balaban J connectivity index is 1.56. The van der Waals surface area contributed by atoms with Gasteiger partial charge in [-0.3, -0.25) is 0 Å². The van der Waals surface area contributed by atoms with Crippen LogP contribution in [-0.4, -0.2) is 28.8 Å². The van der Waals surface area contributed by atoms with Gasteiger partial charge in [0.05, 0.1) is 18.3 Å². The molecule has 1 aliphatic rings. The van der Waals surface area contributed by atoms with Gasteiger partial charge in [0.25, 0.3) is 0 Å². The van der Waals surface area contributed by atoms with Gasteiger partial charge in [0, 0.05) is 11.4 Å². The Morgan fingerprint density at radius 1 is 1.38 bits per heavy atom. The van der Waals surface area contributed by atoms with Crippen molar-refractivity contribution in [3.05, 3.63) is 51.5 Å². The number of aryl methyl sites for hydroxylation is 1. The lowest BCUT2D eigenvalue weighted by molar-refractivity contribution is 0.187. The van der Waals surface area contributed by atoms with Crippen molar-refractivity contribution in [2.24, 2.45) is 0 Å². The van der Waals surface area contributed by atoms with E-state index in [1.54, 1.807) is 18.3 Å². The summed E-state index contributed by atoms with van der Waals surface area (Å²) in [7, 11) is 0. The molecule has 128 valence electrons. The summed E-state index contributed by atoms with van der Waals surface area (Å²) in [5, 5.41) is 15.5. The van der Waals surface area contributed by atoms with E-state index in [1.807, 2.05) is 0 Å². The topological polar surface area (TPSA) is 74.2 Å². The number of aliphatic hydroxyl groups excluding tert-OH is 1. The van der Waals surface area contributed by atoms with Crippen LogP contribution in [0.4, 0.5) is 4.79 Å². The van der Waals surface area contributed by atoms with Crippen molar-refractivity contribution in [3.63, 3.8) is 0 Å². The molecule has 6 heteroatoms. The zero-order valence-electron chi connectivity index (χ0n) is 13.8. The molecule has 2 aromatic rings. The minimum atomic E-state index is -0.544. The number of rotatable bonds is 5. The molecule has 3 N–H and O–H groups in total. The fourth-order valence-electron chi connectivity index (χ4n) is 2.97. The smallest absolute Gasteiger partial charge is 0.315 e. The number of carbonyl (C=O) groups excluding carboxylic acids is 1. The highest BCUT2D eigenvalue weighted by molar-refractivity contribution is 7.11. The lowest BCUT2D eigenvalue weighted by Crippen LogP contribution is -2.38. The number of carbonyl (C=O) groups is 1. The number of benzene rings is 1. The summed E-state index contributed by atoms with van der Waals surface area (Å²) in [6, 6.07) is 10.4. The summed E-state index contributed by atoms with van der Waals surface area (Å²) in [5.74, 6) is 0.564. The average molecular weight is 345 g/mol. The Morgan fingerprint density at radius 3 is 2.92 bits per heavy atom. The van der Waals surface area contributed by atoms with E-state index in [0.29, 0.717) is 12.5 Å². The van der Waals surface area contributed by atoms with E-state index in [-0.39, 0.29) is 12.6 Å². The monoisotopic (exact) mass is 345 g/mol. The average Bonchev–Trinajstić information content (AvgIpc) is 3.01. The molecule has 2 atom stereocenters. The second kappa shape index (κ2) is 7.77. The molecule has 1 aromatic carbocycles. The first-order chi connectivity index (χ1) is 11.6. The molecular weight excluding hydrogens is 322 g/mol. The van der Waals surface area contributed by atoms with Crippen molar-refractivity contribution in [1.29, 1.82) is 0 Å². The Morgan fingerprint density at radius 2 is 2.17 bits per heavy atom. The first-order valence-corrected chi connectivity index (χ1v) is 9.15. The predicted octanol–water partition coefficient (Wildman–Crippen LogP) is 2.60. The highest BCUT2D eigenvalue weighted by Crippen LogP contribution is 2.35. The second-order valence-electron chi connectivity index (χ2n) is 6.24. The van der Waals surface area contributed by atoms with Crippen molar-refractivity contribution in [2.75, 3.05) is 6.54 Å². The number of thiazole rings is 1. The zero-order chi connectivity index (χ0) is 16.9. The molecule has 1 aliphatic carbocycles. The first kappa shape index (κ1) is 16.9. The van der Waals surface area contributed by atoms with E-state index in [4.69, 9.17) is 5.11 Å². The molecule has 5 nitrogen and oxygen atoms in total. The third-order valence-electron chi connectivity index (χ3n) is 4.21. The van der Waals surface area contributed by atoms with E-state index in [9.17, 15) is 4.79 Å². The van der Waals surface area contributed by atoms with Crippen molar-refractivity contribution in [3.8, 4) is 0 Å². The van der Waals surface area contributed by atoms with Crippen LogP contribution in [0, 0.1) is 0 Å². The van der Waals surface area contributed by atoms with Crippen LogP contribution in [0.25, 0.3) is 0 Å². The molecular formula is C18H23N3O2S. The SMILES string of the molecule is C[C@@H](O)CNC(=O)NCc1nc2c(s1)C[C@@H](c1ccccc1)CC2. The third-order valence-corrected chi connectivity index (χ3v) is 5.33. The van der Waals surface area contributed by atoms with E-state index >= 15 is 0 Å². The Bertz CT molecular complexity index is 685. The van der Waals surface area contributed by atoms with Gasteiger partial charge < -0.3 is 15.7 Å². The minimum absolute atomic E-state index is 0.249. The number of amides is 2. The fraction of sp³-hybridized carbons (Fsp3) is 0.444. The highest BCUT2D eigenvalue weighted by Gasteiger charge is 2.23. The first-order valence-electron chi connectivity index (χ1n) is 8.34. The van der Waals surface area contributed by atoms with Gasteiger partial charge in [-0.05, 0) is 37.7 Å². The number of hydrogen-bond donors (Lipinski definition) is 3. The number of aromatic nitrogens is 1. The maximum atomic E-state index is 11.6. The largest absolute Gasteiger partial charge is 0.392 e. The number of aliphatic hydroxyl groups is 1. The van der Waals surface area contributed by atoms with Crippen LogP contribution in [0.5, 0.6) is 0 Å². The number of hydrogen-bond acceptors (Lipinski definition) is 4. The van der Waals surface area contributed by atoms with Crippen molar-refractivity contribution in [2.45, 2.75) is 44.8 Å². The molecule has 0 saturated heterocycles. The molecule has 0 aliphatic heterocycles. The quantitative estimate of drug-likeness (QED) is 0.780. The van der Waals surface area contributed by atoms with Gasteiger partial charge in [0.1, 0.15) is 5.01 Å². The lowest BCUT2D eigenvalue weighted by Gasteiger charge is -2.21. The highest BCUT2D eigenvalue weighted by atomic mass is 32.1. The number of nitrogens with zero attached hydrogens (tertiary/aromatic N) is 1. The molecule has 1 heterocycles. The van der Waals surface area contributed by atoms with Crippen LogP contribution in [0.2, 0.25) is 0 Å². The maximum absolute atomic E-state index is 11.6. The van der Waals surface area contributed by atoms with Gasteiger partial charge in [-0.25, -0.2) is 9.78 Å². The van der Waals surface area contributed by atoms with E-state index in [0.717, 1.165) is 24.3 Å². The second-order valence-corrected chi connectivity index (χ2v) is 7.41. The lowest BCUT2D eigenvalue weighted by atomic mass is 9.85. The molecule has 1 aromatic heterocycles. The molecule has 0 fully saturated rings. The van der Waals surface area contributed by atoms with Gasteiger partial charge in [-0.15, -0.1) is 11.3 Å². The zero-order valence-corrected chi connectivity index (χ0v) is 14.6. The van der Waals surface area contributed by atoms with Crippen molar-refractivity contribution < 1.29 is 9.90 Å². The van der Waals surface area contributed by atoms with E-state index in [2.05, 4.69) is 45.9 Å². The van der Waals surface area contributed by atoms with Crippen LogP contribution < -0.4 is 10.6 Å². The molecule has 0 spiro atoms. The summed E-state index contributed by atoms with van der Waals surface area (Å²) in [4.78, 5) is 17.7. The van der Waals surface area contributed by atoms with E-state index in [1.165, 1.54) is 16.1 Å². The van der Waals surface area contributed by atoms with Gasteiger partial charge >= 0.3 is 6.03 Å². The van der Waals surface area contributed by atoms with Gasteiger partial charge in [0.15, 0.2) is 0 Å². The Labute approximate surface area is 146 Å². The normalized spacial score (nSPS) is 17.8. The molecule has 3 rings (SSSR count). The fourth-order valence-corrected chi connectivity index (χ4v) is 4.11. The maximum Gasteiger partial charge on any atom is 0.315 e. The van der Waals surface area contributed by atoms with Crippen LogP contribution in [0.15, 0.2) is 30.3 Å². The minimum Gasteiger partial charge on any atom is -0.392 e. The predicted molar refractivity (Wildman–Crippen MR) is 95.2 cm³/mol. The molecule has 24 heavy (non-hydrogen) atoms. The summed E-state index contributed by atoms with van der Waals surface area (Å²) in [6.07, 6.45) is 2.62. The van der Waals surface area contributed by atoms with Gasteiger partial charge in [-0.1, -0.05) is 30.3 Å². The van der Waals surface area contributed by atoms with Gasteiger partial charge in [0.2, 0.25) is 0 Å². The summed E-state index contributed by atoms with van der Waals surface area (Å²) < 4.78 is 0. The summed E-state index contributed by atoms with van der Waals surface area (Å²) in [6.45, 7) is 2.32. The molecule has 2 amide bonds. The standard InChI is InChI=1S/C18H23N3O2S/c1-12(22)10-19-18(23)20-11-17-21-15-8-7-14(9-16(15)24-17)13-5-3-2-4-6-13/h2-6,12,14,22H,7-11H2,1H3,(H2,19,20,23)/t12-,14+/m1/s1. The van der Waals surface area contributed by atoms with E-state index < -0.39 is 6.10 Å². The Kier molecular flexibility index (Phi) is 5.48. The summed E-state index contributed by atoms with van der Waals surface area (Å²) in [5.41, 5.74) is 2.59. The number of fused-ring (bicyclic) bond motifs is 1. The molecule has 0 radical (unpaired) electrons. The molecule has 0 unspecified atom stereocenters. The van der Waals surface area contributed by atoms with Crippen LogP contribution in [-0.2, 0) is 19.4 Å². The van der Waals surface area contributed by atoms with Crippen LogP contribution in [0.1, 0.15) is 40.4 Å². The third kappa shape index (κ3) is 4.33. The van der Waals surface area contributed by atoms with Crippen molar-refractivity contribution >= 4 is 17.4 Å². The number of nitrogens with one attached hydrogen (secondary N) is 2. The summed E-state index contributed by atoms with van der Waals surface area (Å²) >= 11 is 1.70. The van der Waals surface area contributed by atoms with Crippen molar-refractivity contribution in [1.82, 2.24) is 15.6 Å². The molecule has 0 saturated carbocycles.